The lowest BCUT2D eigenvalue weighted by Crippen LogP contribution is -2.39. The molecule has 2 aromatic heterocycles. The Morgan fingerprint density at radius 3 is 2.81 bits per heavy atom. The third kappa shape index (κ3) is 3.33. The van der Waals surface area contributed by atoms with Crippen molar-refractivity contribution in [3.05, 3.63) is 24.2 Å². The predicted molar refractivity (Wildman–Crippen MR) is 108 cm³/mol. The van der Waals surface area contributed by atoms with Crippen molar-refractivity contribution in [3.63, 3.8) is 0 Å². The Morgan fingerprint density at radius 2 is 2.10 bits per heavy atom. The van der Waals surface area contributed by atoms with Crippen LogP contribution in [-0.4, -0.2) is 62.5 Å². The number of fused-ring (bicyclic) bond motifs is 3. The standard InChI is InChI=1S/C21H28N4O6/c1-20(15-3-2-13-18(22)23-11-24-25(13)15)17(27)16(26)14(31-20)9-29-19(28)30-10-21-6-4-12(8-21)5-7-21/h2-3,11-12,14,16-17,26-27H,4-10H2,1H3,(H2,22,23,24)/t12?,14-,16-,17-,20+,21?/m1/s1. The van der Waals surface area contributed by atoms with Crippen LogP contribution in [0.15, 0.2) is 18.5 Å². The van der Waals surface area contributed by atoms with Crippen molar-refractivity contribution in [3.8, 4) is 0 Å². The van der Waals surface area contributed by atoms with Crippen LogP contribution in [0.5, 0.6) is 0 Å². The maximum absolute atomic E-state index is 12.1. The largest absolute Gasteiger partial charge is 0.508 e. The number of anilines is 1. The average molecular weight is 432 g/mol. The lowest BCUT2D eigenvalue weighted by atomic mass is 9.85. The van der Waals surface area contributed by atoms with E-state index in [1.165, 1.54) is 23.7 Å². The van der Waals surface area contributed by atoms with Gasteiger partial charge in [0.05, 0.1) is 5.69 Å². The maximum atomic E-state index is 12.1. The van der Waals surface area contributed by atoms with E-state index in [9.17, 15) is 15.0 Å². The second-order valence-corrected chi connectivity index (χ2v) is 9.36. The van der Waals surface area contributed by atoms with E-state index in [2.05, 4.69) is 10.1 Å². The molecule has 168 valence electrons. The minimum Gasteiger partial charge on any atom is -0.434 e. The molecule has 1 saturated heterocycles. The number of aliphatic hydroxyl groups excluding tert-OH is 2. The topological polar surface area (TPSA) is 141 Å². The van der Waals surface area contributed by atoms with Gasteiger partial charge < -0.3 is 30.2 Å². The summed E-state index contributed by atoms with van der Waals surface area (Å²) in [4.78, 5) is 16.1. The van der Waals surface area contributed by atoms with Crippen LogP contribution in [0.4, 0.5) is 10.6 Å². The molecule has 1 aliphatic heterocycles. The van der Waals surface area contributed by atoms with E-state index in [-0.39, 0.29) is 17.8 Å². The van der Waals surface area contributed by atoms with Crippen LogP contribution < -0.4 is 5.73 Å². The zero-order valence-electron chi connectivity index (χ0n) is 17.4. The molecule has 10 nitrogen and oxygen atoms in total. The Balaban J connectivity index is 1.23. The van der Waals surface area contributed by atoms with Crippen LogP contribution in [0.1, 0.15) is 44.7 Å². The van der Waals surface area contributed by atoms with Gasteiger partial charge in [0.15, 0.2) is 5.82 Å². The van der Waals surface area contributed by atoms with Crippen LogP contribution in [0.3, 0.4) is 0 Å². The zero-order valence-corrected chi connectivity index (χ0v) is 17.4. The molecule has 0 amide bonds. The van der Waals surface area contributed by atoms with Crippen molar-refractivity contribution in [2.75, 3.05) is 18.9 Å². The van der Waals surface area contributed by atoms with Gasteiger partial charge in [-0.25, -0.2) is 14.3 Å². The number of hydrogen-bond acceptors (Lipinski definition) is 9. The molecule has 2 aliphatic carbocycles. The smallest absolute Gasteiger partial charge is 0.434 e. The van der Waals surface area contributed by atoms with E-state index in [1.807, 2.05) is 0 Å². The Morgan fingerprint density at radius 1 is 1.32 bits per heavy atom. The molecule has 2 bridgehead atoms. The Hall–Kier alpha value is -2.43. The van der Waals surface area contributed by atoms with E-state index in [4.69, 9.17) is 19.9 Å². The molecule has 31 heavy (non-hydrogen) atoms. The fourth-order valence-corrected chi connectivity index (χ4v) is 5.57. The Labute approximate surface area is 179 Å². The van der Waals surface area contributed by atoms with E-state index in [1.54, 1.807) is 19.1 Å². The van der Waals surface area contributed by atoms with E-state index in [0.29, 0.717) is 17.8 Å². The number of nitrogens with zero attached hydrogens (tertiary/aromatic N) is 3. The fourth-order valence-electron chi connectivity index (χ4n) is 5.57. The lowest BCUT2D eigenvalue weighted by molar-refractivity contribution is -0.0948. The molecule has 0 aromatic carbocycles. The predicted octanol–water partition coefficient (Wildman–Crippen LogP) is 1.38. The van der Waals surface area contributed by atoms with Crippen LogP contribution in [0, 0.1) is 11.3 Å². The van der Waals surface area contributed by atoms with Gasteiger partial charge in [-0.1, -0.05) is 0 Å². The first kappa shape index (κ1) is 20.5. The molecule has 3 heterocycles. The molecule has 2 saturated carbocycles. The van der Waals surface area contributed by atoms with Gasteiger partial charge in [-0.3, -0.25) is 0 Å². The first-order valence-electron chi connectivity index (χ1n) is 10.7. The van der Waals surface area contributed by atoms with Crippen LogP contribution in [0.25, 0.3) is 5.52 Å². The van der Waals surface area contributed by atoms with E-state index in [0.717, 1.165) is 25.2 Å². The number of carbonyl (C=O) groups excluding carboxylic acids is 1. The van der Waals surface area contributed by atoms with Gasteiger partial charge >= 0.3 is 6.16 Å². The molecule has 0 radical (unpaired) electrons. The molecule has 10 heteroatoms. The molecule has 2 aromatic rings. The van der Waals surface area contributed by atoms with Gasteiger partial charge in [-0.05, 0) is 57.1 Å². The number of ether oxygens (including phenoxy) is 3. The van der Waals surface area contributed by atoms with E-state index >= 15 is 0 Å². The van der Waals surface area contributed by atoms with Crippen molar-refractivity contribution < 1.29 is 29.2 Å². The quantitative estimate of drug-likeness (QED) is 0.597. The van der Waals surface area contributed by atoms with Gasteiger partial charge in [-0.15, -0.1) is 0 Å². The van der Waals surface area contributed by atoms with Crippen molar-refractivity contribution in [1.82, 2.24) is 14.6 Å². The molecule has 4 atom stereocenters. The van der Waals surface area contributed by atoms with Crippen molar-refractivity contribution >= 4 is 17.5 Å². The fraction of sp³-hybridized carbons (Fsp3) is 0.667. The minimum atomic E-state index is -1.29. The van der Waals surface area contributed by atoms with Crippen LogP contribution in [-0.2, 0) is 19.8 Å². The molecule has 3 aliphatic rings. The lowest BCUT2D eigenvalue weighted by Gasteiger charge is -2.27. The summed E-state index contributed by atoms with van der Waals surface area (Å²) < 4.78 is 18.1. The summed E-state index contributed by atoms with van der Waals surface area (Å²) in [7, 11) is 0. The highest BCUT2D eigenvalue weighted by Gasteiger charge is 2.54. The summed E-state index contributed by atoms with van der Waals surface area (Å²) in [5, 5.41) is 25.5. The summed E-state index contributed by atoms with van der Waals surface area (Å²) in [6, 6.07) is 3.43. The van der Waals surface area contributed by atoms with Crippen molar-refractivity contribution in [2.24, 2.45) is 11.3 Å². The summed E-state index contributed by atoms with van der Waals surface area (Å²) in [6.45, 7) is 1.78. The number of aromatic nitrogens is 3. The molecule has 0 unspecified atom stereocenters. The highest BCUT2D eigenvalue weighted by molar-refractivity contribution is 5.65. The number of nitrogen functional groups attached to an aromatic ring is 1. The number of aliphatic hydroxyl groups is 2. The third-order valence-electron chi connectivity index (χ3n) is 7.40. The normalized spacial score (nSPS) is 36.9. The average Bonchev–Trinajstić information content (AvgIpc) is 3.52. The Kier molecular flexibility index (Phi) is 4.83. The van der Waals surface area contributed by atoms with Crippen LogP contribution >= 0.6 is 0 Å². The van der Waals surface area contributed by atoms with E-state index < -0.39 is 30.1 Å². The first-order valence-corrected chi connectivity index (χ1v) is 10.7. The van der Waals surface area contributed by atoms with Gasteiger partial charge in [0.2, 0.25) is 0 Å². The number of carbonyl (C=O) groups is 1. The zero-order chi connectivity index (χ0) is 21.8. The van der Waals surface area contributed by atoms with Crippen LogP contribution in [0.2, 0.25) is 0 Å². The molecular weight excluding hydrogens is 404 g/mol. The molecule has 0 spiro atoms. The van der Waals surface area contributed by atoms with Gasteiger partial charge in [0.1, 0.15) is 49.0 Å². The third-order valence-corrected chi connectivity index (χ3v) is 7.40. The first-order chi connectivity index (χ1) is 14.8. The molecule has 4 N–H and O–H groups in total. The second kappa shape index (κ2) is 7.32. The Bertz CT molecular complexity index is 987. The van der Waals surface area contributed by atoms with Crippen molar-refractivity contribution in [2.45, 2.75) is 62.9 Å². The summed E-state index contributed by atoms with van der Waals surface area (Å²) >= 11 is 0. The van der Waals surface area contributed by atoms with Gasteiger partial charge in [0, 0.05) is 5.41 Å². The summed E-state index contributed by atoms with van der Waals surface area (Å²) in [5.74, 6) is 1.06. The summed E-state index contributed by atoms with van der Waals surface area (Å²) in [6.07, 6.45) is 2.82. The number of hydrogen-bond donors (Lipinski definition) is 3. The number of nitrogens with two attached hydrogens (primary N) is 1. The summed E-state index contributed by atoms with van der Waals surface area (Å²) in [5.41, 5.74) is 5.78. The highest BCUT2D eigenvalue weighted by Crippen LogP contribution is 2.54. The minimum absolute atomic E-state index is 0.113. The highest BCUT2D eigenvalue weighted by atomic mass is 16.7. The molecule has 5 rings (SSSR count). The number of rotatable bonds is 5. The second-order valence-electron chi connectivity index (χ2n) is 9.36. The molecular formula is C21H28N4O6. The van der Waals surface area contributed by atoms with Gasteiger partial charge in [0.25, 0.3) is 0 Å². The van der Waals surface area contributed by atoms with Gasteiger partial charge in [-0.2, -0.15) is 5.10 Å². The molecule has 3 fully saturated rings. The maximum Gasteiger partial charge on any atom is 0.508 e. The SMILES string of the molecule is C[C@@]1(c2ccc3c(N)ncnn23)O[C@H](COC(=O)OCC23CCC(CC2)C3)[C@@H](O)[C@H]1O. The monoisotopic (exact) mass is 432 g/mol. The van der Waals surface area contributed by atoms with Crippen molar-refractivity contribution in [1.29, 1.82) is 0 Å².